The lowest BCUT2D eigenvalue weighted by atomic mass is 10.1. The van der Waals surface area contributed by atoms with Crippen LogP contribution in [0, 0.1) is 11.6 Å². The number of hydrogen-bond donors (Lipinski definition) is 0. The molecule has 3 heterocycles. The average molecular weight is 406 g/mol. The summed E-state index contributed by atoms with van der Waals surface area (Å²) >= 11 is 7.34. The van der Waals surface area contributed by atoms with Gasteiger partial charge in [0.15, 0.2) is 5.82 Å². The predicted octanol–water partition coefficient (Wildman–Crippen LogP) is 3.98. The topological polar surface area (TPSA) is 38.2 Å². The number of rotatable bonds is 2. The minimum absolute atomic E-state index is 0. The van der Waals surface area contributed by atoms with Gasteiger partial charge in [0, 0.05) is 25.3 Å². The number of aromatic nitrogens is 2. The van der Waals surface area contributed by atoms with Gasteiger partial charge in [-0.3, -0.25) is 0 Å². The number of halogens is 4. The second-order valence-electron chi connectivity index (χ2n) is 5.59. The van der Waals surface area contributed by atoms with Crippen molar-refractivity contribution >= 4 is 41.6 Å². The van der Waals surface area contributed by atoms with Gasteiger partial charge in [0.2, 0.25) is 0 Å². The maximum Gasteiger partial charge on any atom is 0.164 e. The summed E-state index contributed by atoms with van der Waals surface area (Å²) in [6, 6.07) is 2.02. The van der Waals surface area contributed by atoms with Crippen LogP contribution >= 0.6 is 35.8 Å². The first-order valence-electron chi connectivity index (χ1n) is 7.65. The number of fused-ring (bicyclic) bond motifs is 1. The van der Waals surface area contributed by atoms with Gasteiger partial charge in [0.05, 0.1) is 34.4 Å². The van der Waals surface area contributed by atoms with Crippen LogP contribution in [0.4, 0.5) is 14.6 Å². The van der Waals surface area contributed by atoms with E-state index in [1.807, 2.05) is 0 Å². The second kappa shape index (κ2) is 7.61. The van der Waals surface area contributed by atoms with Crippen LogP contribution in [-0.2, 0) is 11.2 Å². The Hall–Kier alpha value is -1.15. The Morgan fingerprint density at radius 3 is 2.64 bits per heavy atom. The Bertz CT molecular complexity index is 803. The average Bonchev–Trinajstić information content (AvgIpc) is 3.06. The smallest absolute Gasteiger partial charge is 0.164 e. The molecule has 9 heteroatoms. The summed E-state index contributed by atoms with van der Waals surface area (Å²) in [6.45, 7) is 2.70. The van der Waals surface area contributed by atoms with Crippen molar-refractivity contribution in [2.24, 2.45) is 0 Å². The van der Waals surface area contributed by atoms with Crippen LogP contribution in [0.25, 0.3) is 11.4 Å². The van der Waals surface area contributed by atoms with Gasteiger partial charge in [-0.05, 0) is 12.1 Å². The van der Waals surface area contributed by atoms with Gasteiger partial charge >= 0.3 is 0 Å². The highest BCUT2D eigenvalue weighted by Crippen LogP contribution is 2.39. The third-order valence-corrected chi connectivity index (χ3v) is 5.47. The number of anilines is 1. The molecule has 4 rings (SSSR count). The Labute approximate surface area is 159 Å². The van der Waals surface area contributed by atoms with E-state index in [-0.39, 0.29) is 28.8 Å². The molecule has 0 N–H and O–H groups in total. The van der Waals surface area contributed by atoms with E-state index in [1.165, 1.54) is 0 Å². The lowest BCUT2D eigenvalue weighted by Crippen LogP contribution is -2.37. The molecule has 25 heavy (non-hydrogen) atoms. The van der Waals surface area contributed by atoms with E-state index in [2.05, 4.69) is 14.9 Å². The van der Waals surface area contributed by atoms with Gasteiger partial charge in [-0.1, -0.05) is 11.6 Å². The Morgan fingerprint density at radius 1 is 1.12 bits per heavy atom. The first-order chi connectivity index (χ1) is 11.6. The molecule has 1 saturated heterocycles. The standard InChI is InChI=1S/C16H14ClF2N3OS.ClH/c17-10-8-11(18)9(7-12(10)19)15-20-13-1-6-24-14(13)16(21-15)22-2-4-23-5-3-22;/h7-8H,1-6H2;1H. The molecule has 0 unspecified atom stereocenters. The van der Waals surface area contributed by atoms with Crippen LogP contribution in [0.2, 0.25) is 5.02 Å². The summed E-state index contributed by atoms with van der Waals surface area (Å²) in [6.07, 6.45) is 0.796. The molecule has 0 saturated carbocycles. The fourth-order valence-corrected chi connectivity index (χ4v) is 4.12. The van der Waals surface area contributed by atoms with E-state index in [4.69, 9.17) is 16.3 Å². The maximum absolute atomic E-state index is 14.3. The molecule has 1 fully saturated rings. The largest absolute Gasteiger partial charge is 0.378 e. The van der Waals surface area contributed by atoms with Crippen molar-refractivity contribution in [1.29, 1.82) is 0 Å². The van der Waals surface area contributed by atoms with Gasteiger partial charge < -0.3 is 9.64 Å². The summed E-state index contributed by atoms with van der Waals surface area (Å²) in [5.74, 6) is 0.600. The molecule has 0 atom stereocenters. The quantitative estimate of drug-likeness (QED) is 0.706. The summed E-state index contributed by atoms with van der Waals surface area (Å²) in [5, 5.41) is -0.249. The van der Waals surface area contributed by atoms with Crippen LogP contribution in [0.15, 0.2) is 17.0 Å². The molecule has 134 valence electrons. The number of hydrogen-bond acceptors (Lipinski definition) is 5. The predicted molar refractivity (Wildman–Crippen MR) is 97.1 cm³/mol. The number of benzene rings is 1. The zero-order valence-electron chi connectivity index (χ0n) is 13.1. The summed E-state index contributed by atoms with van der Waals surface area (Å²) in [5.41, 5.74) is 0.923. The third-order valence-electron chi connectivity index (χ3n) is 4.06. The fraction of sp³-hybridized carbons (Fsp3) is 0.375. The van der Waals surface area contributed by atoms with Crippen molar-refractivity contribution < 1.29 is 13.5 Å². The van der Waals surface area contributed by atoms with Gasteiger partial charge in [0.25, 0.3) is 0 Å². The van der Waals surface area contributed by atoms with Crippen LogP contribution in [-0.4, -0.2) is 42.0 Å². The van der Waals surface area contributed by atoms with E-state index in [0.717, 1.165) is 53.8 Å². The summed E-state index contributed by atoms with van der Waals surface area (Å²) in [4.78, 5) is 12.2. The highest BCUT2D eigenvalue weighted by atomic mass is 35.5. The lowest BCUT2D eigenvalue weighted by molar-refractivity contribution is 0.122. The zero-order valence-corrected chi connectivity index (χ0v) is 15.5. The van der Waals surface area contributed by atoms with Crippen LogP contribution < -0.4 is 4.90 Å². The molecule has 1 aromatic heterocycles. The lowest BCUT2D eigenvalue weighted by Gasteiger charge is -2.29. The maximum atomic E-state index is 14.3. The molecule has 0 amide bonds. The molecule has 2 aromatic rings. The Balaban J connectivity index is 0.00000182. The van der Waals surface area contributed by atoms with Crippen molar-refractivity contribution in [3.05, 3.63) is 34.5 Å². The Morgan fingerprint density at radius 2 is 1.88 bits per heavy atom. The molecular formula is C16H15Cl2F2N3OS. The fourth-order valence-electron chi connectivity index (χ4n) is 2.85. The molecule has 0 spiro atoms. The van der Waals surface area contributed by atoms with E-state index >= 15 is 0 Å². The van der Waals surface area contributed by atoms with Crippen molar-refractivity contribution in [3.8, 4) is 11.4 Å². The van der Waals surface area contributed by atoms with Crippen molar-refractivity contribution in [2.45, 2.75) is 11.3 Å². The highest BCUT2D eigenvalue weighted by molar-refractivity contribution is 7.99. The number of morpholine rings is 1. The SMILES string of the molecule is Cl.Fc1cc(-c2nc3c(c(N4CCOCC4)n2)SCC3)c(F)cc1Cl. The molecular weight excluding hydrogens is 391 g/mol. The van der Waals surface area contributed by atoms with E-state index in [9.17, 15) is 8.78 Å². The van der Waals surface area contributed by atoms with Crippen molar-refractivity contribution in [2.75, 3.05) is 37.0 Å². The van der Waals surface area contributed by atoms with Crippen LogP contribution in [0.1, 0.15) is 5.69 Å². The van der Waals surface area contributed by atoms with Gasteiger partial charge in [-0.2, -0.15) is 0 Å². The molecule has 2 aliphatic rings. The molecule has 1 aromatic carbocycles. The van der Waals surface area contributed by atoms with Crippen LogP contribution in [0.5, 0.6) is 0 Å². The van der Waals surface area contributed by atoms with Gasteiger partial charge in [0.1, 0.15) is 17.5 Å². The number of thioether (sulfide) groups is 1. The van der Waals surface area contributed by atoms with Crippen LogP contribution in [0.3, 0.4) is 0 Å². The van der Waals surface area contributed by atoms with E-state index in [1.54, 1.807) is 11.8 Å². The van der Waals surface area contributed by atoms with E-state index in [0.29, 0.717) is 13.2 Å². The van der Waals surface area contributed by atoms with E-state index < -0.39 is 11.6 Å². The molecule has 0 aliphatic carbocycles. The van der Waals surface area contributed by atoms with Gasteiger partial charge in [-0.25, -0.2) is 18.7 Å². The highest BCUT2D eigenvalue weighted by Gasteiger charge is 2.26. The van der Waals surface area contributed by atoms with Crippen molar-refractivity contribution in [1.82, 2.24) is 9.97 Å². The second-order valence-corrected chi connectivity index (χ2v) is 7.10. The third kappa shape index (κ3) is 3.56. The minimum atomic E-state index is -0.681. The molecule has 2 aliphatic heterocycles. The normalized spacial score (nSPS) is 16.5. The first-order valence-corrected chi connectivity index (χ1v) is 9.01. The zero-order chi connectivity index (χ0) is 16.7. The molecule has 0 bridgehead atoms. The summed E-state index contributed by atoms with van der Waals surface area (Å²) in [7, 11) is 0. The van der Waals surface area contributed by atoms with Gasteiger partial charge in [-0.15, -0.1) is 24.2 Å². The number of ether oxygens (including phenoxy) is 1. The molecule has 4 nitrogen and oxygen atoms in total. The van der Waals surface area contributed by atoms with Crippen molar-refractivity contribution in [3.63, 3.8) is 0 Å². The molecule has 0 radical (unpaired) electrons. The number of nitrogens with zero attached hydrogens (tertiary/aromatic N) is 3. The number of aryl methyl sites for hydroxylation is 1. The summed E-state index contributed by atoms with van der Waals surface area (Å²) < 4.78 is 33.4. The minimum Gasteiger partial charge on any atom is -0.378 e. The Kier molecular flexibility index (Phi) is 5.68. The first kappa shape index (κ1) is 18.6. The monoisotopic (exact) mass is 405 g/mol.